The molecule has 1 aromatic heterocycles. The number of nitrogens with zero attached hydrogens (tertiary/aromatic N) is 3. The Bertz CT molecular complexity index is 891. The Hall–Kier alpha value is -3.39. The second-order valence-corrected chi connectivity index (χ2v) is 5.33. The van der Waals surface area contributed by atoms with Crippen LogP contribution in [-0.2, 0) is 11.3 Å². The summed E-state index contributed by atoms with van der Waals surface area (Å²) in [5.74, 6) is -0.407. The maximum absolute atomic E-state index is 12.1. The first-order valence-electron chi connectivity index (χ1n) is 7.44. The average molecular weight is 317 g/mol. The van der Waals surface area contributed by atoms with E-state index in [-0.39, 0.29) is 6.61 Å². The highest BCUT2D eigenvalue weighted by Crippen LogP contribution is 2.16. The van der Waals surface area contributed by atoms with Crippen molar-refractivity contribution in [2.24, 2.45) is 0 Å². The molecule has 0 N–H and O–H groups in total. The number of ether oxygens (including phenoxy) is 1. The molecule has 0 aliphatic heterocycles. The van der Waals surface area contributed by atoms with Gasteiger partial charge in [-0.2, -0.15) is 10.4 Å². The number of hydrogen-bond acceptors (Lipinski definition) is 4. The molecule has 0 spiro atoms. The van der Waals surface area contributed by atoms with Crippen LogP contribution in [0.3, 0.4) is 0 Å². The molecule has 0 radical (unpaired) electrons. The molecule has 0 saturated heterocycles. The van der Waals surface area contributed by atoms with Crippen LogP contribution in [0.1, 0.15) is 27.0 Å². The molecular weight excluding hydrogens is 302 g/mol. The van der Waals surface area contributed by atoms with Crippen molar-refractivity contribution >= 4 is 5.97 Å². The summed E-state index contributed by atoms with van der Waals surface area (Å²) >= 11 is 0. The molecule has 0 fully saturated rings. The Labute approximate surface area is 139 Å². The van der Waals surface area contributed by atoms with E-state index >= 15 is 0 Å². The highest BCUT2D eigenvalue weighted by molar-refractivity contribution is 5.89. The topological polar surface area (TPSA) is 67.9 Å². The highest BCUT2D eigenvalue weighted by Gasteiger charge is 2.09. The lowest BCUT2D eigenvalue weighted by Gasteiger charge is -2.10. The first kappa shape index (κ1) is 15.5. The van der Waals surface area contributed by atoms with Gasteiger partial charge in [-0.05, 0) is 60.5 Å². The Balaban J connectivity index is 1.68. The number of carbonyl (C=O) groups excluding carboxylic acids is 1. The minimum absolute atomic E-state index is 0.198. The number of hydrogen-bond donors (Lipinski definition) is 0. The van der Waals surface area contributed by atoms with Crippen molar-refractivity contribution < 1.29 is 9.53 Å². The van der Waals surface area contributed by atoms with E-state index in [2.05, 4.69) is 5.10 Å². The lowest BCUT2D eigenvalue weighted by atomic mass is 10.1. The number of aryl methyl sites for hydroxylation is 1. The van der Waals surface area contributed by atoms with E-state index in [1.807, 2.05) is 43.5 Å². The maximum Gasteiger partial charge on any atom is 0.338 e. The molecule has 0 amide bonds. The number of aromatic nitrogens is 2. The molecule has 2 aromatic carbocycles. The molecule has 5 heteroatoms. The zero-order chi connectivity index (χ0) is 16.9. The summed E-state index contributed by atoms with van der Waals surface area (Å²) in [4.78, 5) is 12.1. The van der Waals surface area contributed by atoms with E-state index in [4.69, 9.17) is 10.00 Å². The Kier molecular flexibility index (Phi) is 4.39. The van der Waals surface area contributed by atoms with Gasteiger partial charge in [0.2, 0.25) is 0 Å². The van der Waals surface area contributed by atoms with Crippen molar-refractivity contribution in [3.63, 3.8) is 0 Å². The zero-order valence-electron chi connectivity index (χ0n) is 13.1. The first-order valence-corrected chi connectivity index (χ1v) is 7.44. The van der Waals surface area contributed by atoms with E-state index in [0.29, 0.717) is 11.1 Å². The molecule has 0 bridgehead atoms. The van der Waals surface area contributed by atoms with Gasteiger partial charge in [0, 0.05) is 12.4 Å². The van der Waals surface area contributed by atoms with Crippen LogP contribution in [0.4, 0.5) is 0 Å². The third-order valence-corrected chi connectivity index (χ3v) is 3.70. The van der Waals surface area contributed by atoms with Crippen LogP contribution >= 0.6 is 0 Å². The van der Waals surface area contributed by atoms with E-state index in [1.54, 1.807) is 35.1 Å². The van der Waals surface area contributed by atoms with Crippen LogP contribution in [0.25, 0.3) is 5.69 Å². The molecule has 0 unspecified atom stereocenters. The van der Waals surface area contributed by atoms with Gasteiger partial charge in [0.05, 0.1) is 22.9 Å². The van der Waals surface area contributed by atoms with Crippen LogP contribution in [0, 0.1) is 18.3 Å². The van der Waals surface area contributed by atoms with E-state index < -0.39 is 5.97 Å². The second-order valence-electron chi connectivity index (χ2n) is 5.33. The zero-order valence-corrected chi connectivity index (χ0v) is 13.1. The fraction of sp³-hybridized carbons (Fsp3) is 0.105. The molecule has 0 aliphatic carbocycles. The number of rotatable bonds is 4. The summed E-state index contributed by atoms with van der Waals surface area (Å²) < 4.78 is 7.13. The summed E-state index contributed by atoms with van der Waals surface area (Å²) in [6.45, 7) is 2.17. The first-order chi connectivity index (χ1) is 11.7. The van der Waals surface area contributed by atoms with Gasteiger partial charge in [-0.1, -0.05) is 6.07 Å². The molecule has 0 saturated carbocycles. The highest BCUT2D eigenvalue weighted by atomic mass is 16.5. The lowest BCUT2D eigenvalue weighted by Crippen LogP contribution is -2.06. The predicted octanol–water partition coefficient (Wildman–Crippen LogP) is 3.41. The van der Waals surface area contributed by atoms with Crippen molar-refractivity contribution in [1.82, 2.24) is 9.78 Å². The minimum Gasteiger partial charge on any atom is -0.457 e. The summed E-state index contributed by atoms with van der Waals surface area (Å²) in [6, 6.07) is 16.1. The lowest BCUT2D eigenvalue weighted by molar-refractivity contribution is 0.0472. The minimum atomic E-state index is -0.407. The largest absolute Gasteiger partial charge is 0.457 e. The monoisotopic (exact) mass is 317 g/mol. The van der Waals surface area contributed by atoms with Crippen LogP contribution in [-0.4, -0.2) is 15.7 Å². The van der Waals surface area contributed by atoms with Gasteiger partial charge < -0.3 is 4.74 Å². The molecule has 1 heterocycles. The van der Waals surface area contributed by atoms with E-state index in [9.17, 15) is 4.79 Å². The molecular formula is C19H15N3O2. The Morgan fingerprint density at radius 3 is 2.67 bits per heavy atom. The molecule has 24 heavy (non-hydrogen) atoms. The average Bonchev–Trinajstić information content (AvgIpc) is 3.15. The van der Waals surface area contributed by atoms with Gasteiger partial charge in [0.15, 0.2) is 0 Å². The van der Waals surface area contributed by atoms with Crippen molar-refractivity contribution in [2.75, 3.05) is 0 Å². The van der Waals surface area contributed by atoms with Gasteiger partial charge in [0.1, 0.15) is 6.61 Å². The van der Waals surface area contributed by atoms with E-state index in [0.717, 1.165) is 16.8 Å². The molecule has 0 aliphatic rings. The summed E-state index contributed by atoms with van der Waals surface area (Å²) in [5.41, 5.74) is 3.86. The summed E-state index contributed by atoms with van der Waals surface area (Å²) in [5, 5.41) is 13.0. The molecule has 3 aromatic rings. The van der Waals surface area contributed by atoms with Crippen molar-refractivity contribution in [1.29, 1.82) is 5.26 Å². The van der Waals surface area contributed by atoms with Crippen LogP contribution in [0.5, 0.6) is 0 Å². The molecule has 3 rings (SSSR count). The third kappa shape index (κ3) is 3.33. The van der Waals surface area contributed by atoms with Crippen molar-refractivity contribution in [3.8, 4) is 11.8 Å². The fourth-order valence-corrected chi connectivity index (χ4v) is 2.31. The van der Waals surface area contributed by atoms with Crippen LogP contribution < -0.4 is 0 Å². The molecule has 118 valence electrons. The Morgan fingerprint density at radius 1 is 1.25 bits per heavy atom. The van der Waals surface area contributed by atoms with Crippen molar-refractivity contribution in [2.45, 2.75) is 13.5 Å². The van der Waals surface area contributed by atoms with Crippen molar-refractivity contribution in [3.05, 3.63) is 83.2 Å². The van der Waals surface area contributed by atoms with Gasteiger partial charge >= 0.3 is 5.97 Å². The number of benzene rings is 2. The number of esters is 1. The van der Waals surface area contributed by atoms with Gasteiger partial charge in [-0.15, -0.1) is 0 Å². The standard InChI is InChI=1S/C19H15N3O2/c1-14-11-18(22-10-2-9-21-22)8-7-17(14)13-24-19(23)16-5-3-15(12-20)4-6-16/h2-11H,13H2,1H3. The van der Waals surface area contributed by atoms with Gasteiger partial charge in [-0.25, -0.2) is 9.48 Å². The second kappa shape index (κ2) is 6.80. The van der Waals surface area contributed by atoms with Gasteiger partial charge in [-0.3, -0.25) is 0 Å². The quantitative estimate of drug-likeness (QED) is 0.692. The summed E-state index contributed by atoms with van der Waals surface area (Å²) in [7, 11) is 0. The molecule has 0 atom stereocenters. The fourth-order valence-electron chi connectivity index (χ4n) is 2.31. The van der Waals surface area contributed by atoms with Gasteiger partial charge in [0.25, 0.3) is 0 Å². The number of nitriles is 1. The summed E-state index contributed by atoms with van der Waals surface area (Å²) in [6.07, 6.45) is 3.60. The van der Waals surface area contributed by atoms with Crippen LogP contribution in [0.2, 0.25) is 0 Å². The van der Waals surface area contributed by atoms with Crippen LogP contribution in [0.15, 0.2) is 60.9 Å². The SMILES string of the molecule is Cc1cc(-n2cccn2)ccc1COC(=O)c1ccc(C#N)cc1. The third-order valence-electron chi connectivity index (χ3n) is 3.70. The predicted molar refractivity (Wildman–Crippen MR) is 88.6 cm³/mol. The number of carbonyl (C=O) groups is 1. The Morgan fingerprint density at radius 2 is 2.04 bits per heavy atom. The smallest absolute Gasteiger partial charge is 0.338 e. The maximum atomic E-state index is 12.1. The normalized spacial score (nSPS) is 10.2. The molecule has 5 nitrogen and oxygen atoms in total. The van der Waals surface area contributed by atoms with E-state index in [1.165, 1.54) is 0 Å².